The van der Waals surface area contributed by atoms with Gasteiger partial charge in [-0.2, -0.15) is 0 Å². The van der Waals surface area contributed by atoms with Crippen LogP contribution in [0.4, 0.5) is 0 Å². The highest BCUT2D eigenvalue weighted by molar-refractivity contribution is 8.00. The van der Waals surface area contributed by atoms with Crippen molar-refractivity contribution in [2.75, 3.05) is 19.0 Å². The van der Waals surface area contributed by atoms with Gasteiger partial charge >= 0.3 is 0 Å². The Kier molecular flexibility index (Phi) is 3.66. The van der Waals surface area contributed by atoms with E-state index in [0.29, 0.717) is 11.0 Å². The maximum absolute atomic E-state index is 12.0. The molecule has 2 nitrogen and oxygen atoms in total. The van der Waals surface area contributed by atoms with Gasteiger partial charge in [0.15, 0.2) is 5.78 Å². The number of rotatable bonds is 4. The second kappa shape index (κ2) is 5.02. The van der Waals surface area contributed by atoms with Crippen molar-refractivity contribution < 1.29 is 9.53 Å². The molecule has 0 atom stereocenters. The Labute approximate surface area is 100 Å². The van der Waals surface area contributed by atoms with E-state index in [2.05, 4.69) is 6.07 Å². The summed E-state index contributed by atoms with van der Waals surface area (Å²) in [4.78, 5) is 12.0. The summed E-state index contributed by atoms with van der Waals surface area (Å²) in [6, 6.07) is 5.99. The van der Waals surface area contributed by atoms with E-state index in [9.17, 15) is 4.79 Å². The number of hydrogen-bond donors (Lipinski definition) is 0. The number of hydrogen-bond acceptors (Lipinski definition) is 3. The second-order valence-electron chi connectivity index (χ2n) is 4.21. The zero-order chi connectivity index (χ0) is 11.5. The standard InChI is InChI=1S/C13H16O2S/c1-9-3-4-12(10(2)5-9)13(14)8-16-11-6-15-7-11/h3-5,11H,6-8H2,1-2H3. The molecular formula is C13H16O2S. The minimum absolute atomic E-state index is 0.231. The molecule has 0 N–H and O–H groups in total. The second-order valence-corrected chi connectivity index (χ2v) is 5.50. The third-order valence-electron chi connectivity index (χ3n) is 2.74. The monoisotopic (exact) mass is 236 g/mol. The quantitative estimate of drug-likeness (QED) is 0.752. The van der Waals surface area contributed by atoms with E-state index in [1.807, 2.05) is 26.0 Å². The molecule has 0 aromatic heterocycles. The van der Waals surface area contributed by atoms with Crippen molar-refractivity contribution in [3.63, 3.8) is 0 Å². The molecule has 86 valence electrons. The van der Waals surface area contributed by atoms with E-state index >= 15 is 0 Å². The topological polar surface area (TPSA) is 26.3 Å². The maximum Gasteiger partial charge on any atom is 0.172 e. The predicted molar refractivity (Wildman–Crippen MR) is 67.3 cm³/mol. The van der Waals surface area contributed by atoms with Gasteiger partial charge in [-0.15, -0.1) is 11.8 Å². The highest BCUT2D eigenvalue weighted by Gasteiger charge is 2.20. The van der Waals surface area contributed by atoms with Gasteiger partial charge in [-0.05, 0) is 19.4 Å². The zero-order valence-corrected chi connectivity index (χ0v) is 10.5. The molecule has 1 aliphatic heterocycles. The van der Waals surface area contributed by atoms with Gasteiger partial charge in [0.2, 0.25) is 0 Å². The third kappa shape index (κ3) is 2.66. The number of ketones is 1. The molecule has 1 saturated heterocycles. The molecule has 1 aromatic rings. The van der Waals surface area contributed by atoms with Crippen molar-refractivity contribution in [3.05, 3.63) is 34.9 Å². The molecule has 1 aromatic carbocycles. The molecule has 0 radical (unpaired) electrons. The number of thioether (sulfide) groups is 1. The highest BCUT2D eigenvalue weighted by Crippen LogP contribution is 2.21. The van der Waals surface area contributed by atoms with Gasteiger partial charge < -0.3 is 4.74 Å². The largest absolute Gasteiger partial charge is 0.379 e. The first kappa shape index (κ1) is 11.7. The van der Waals surface area contributed by atoms with E-state index in [1.165, 1.54) is 5.56 Å². The average molecular weight is 236 g/mol. The maximum atomic E-state index is 12.0. The van der Waals surface area contributed by atoms with Gasteiger partial charge in [-0.25, -0.2) is 0 Å². The molecule has 1 fully saturated rings. The lowest BCUT2D eigenvalue weighted by atomic mass is 10.0. The summed E-state index contributed by atoms with van der Waals surface area (Å²) < 4.78 is 5.08. The molecule has 1 heterocycles. The summed E-state index contributed by atoms with van der Waals surface area (Å²) in [5.74, 6) is 0.798. The highest BCUT2D eigenvalue weighted by atomic mass is 32.2. The Hall–Kier alpha value is -0.800. The molecular weight excluding hydrogens is 220 g/mol. The molecule has 0 saturated carbocycles. The van der Waals surface area contributed by atoms with Crippen molar-refractivity contribution in [1.82, 2.24) is 0 Å². The van der Waals surface area contributed by atoms with E-state index in [1.54, 1.807) is 11.8 Å². The minimum atomic E-state index is 0.231. The summed E-state index contributed by atoms with van der Waals surface area (Å²) in [5, 5.41) is 0.523. The fourth-order valence-corrected chi connectivity index (χ4v) is 2.64. The zero-order valence-electron chi connectivity index (χ0n) is 9.66. The Bertz CT molecular complexity index is 397. The number of Topliss-reactive ketones (excluding diaryl/α,β-unsaturated/α-hetero) is 1. The van der Waals surface area contributed by atoms with Crippen LogP contribution in [0.2, 0.25) is 0 Å². The van der Waals surface area contributed by atoms with E-state index < -0.39 is 0 Å². The van der Waals surface area contributed by atoms with E-state index in [-0.39, 0.29) is 5.78 Å². The number of ether oxygens (including phenoxy) is 1. The van der Waals surface area contributed by atoms with Crippen LogP contribution in [0.15, 0.2) is 18.2 Å². The Morgan fingerprint density at radius 1 is 1.44 bits per heavy atom. The van der Waals surface area contributed by atoms with Crippen molar-refractivity contribution >= 4 is 17.5 Å². The van der Waals surface area contributed by atoms with Gasteiger partial charge in [-0.1, -0.05) is 23.8 Å². The third-order valence-corrected chi connectivity index (χ3v) is 3.91. The van der Waals surface area contributed by atoms with Crippen LogP contribution in [-0.4, -0.2) is 30.0 Å². The Morgan fingerprint density at radius 3 is 2.75 bits per heavy atom. The number of benzene rings is 1. The van der Waals surface area contributed by atoms with Crippen molar-refractivity contribution in [2.24, 2.45) is 0 Å². The fraction of sp³-hybridized carbons (Fsp3) is 0.462. The van der Waals surface area contributed by atoms with E-state index in [0.717, 1.165) is 24.3 Å². The predicted octanol–water partition coefficient (Wildman–Crippen LogP) is 2.62. The molecule has 0 bridgehead atoms. The molecule has 0 spiro atoms. The average Bonchev–Trinajstić information content (AvgIpc) is 2.14. The van der Waals surface area contributed by atoms with Crippen molar-refractivity contribution in [1.29, 1.82) is 0 Å². The fourth-order valence-electron chi connectivity index (χ4n) is 1.71. The summed E-state index contributed by atoms with van der Waals surface area (Å²) in [5.41, 5.74) is 3.14. The summed E-state index contributed by atoms with van der Waals surface area (Å²) in [6.45, 7) is 5.63. The van der Waals surface area contributed by atoms with Gasteiger partial charge in [0.25, 0.3) is 0 Å². The van der Waals surface area contributed by atoms with Crippen LogP contribution in [0.5, 0.6) is 0 Å². The molecule has 0 amide bonds. The Morgan fingerprint density at radius 2 is 2.19 bits per heavy atom. The first-order valence-electron chi connectivity index (χ1n) is 5.46. The van der Waals surface area contributed by atoms with Gasteiger partial charge in [0.05, 0.1) is 24.2 Å². The van der Waals surface area contributed by atoms with Crippen LogP contribution >= 0.6 is 11.8 Å². The first-order chi connectivity index (χ1) is 7.66. The summed E-state index contributed by atoms with van der Waals surface area (Å²) >= 11 is 1.70. The van der Waals surface area contributed by atoms with Gasteiger partial charge in [0, 0.05) is 5.56 Å². The van der Waals surface area contributed by atoms with Crippen LogP contribution in [0.3, 0.4) is 0 Å². The van der Waals surface area contributed by atoms with Crippen LogP contribution in [0.1, 0.15) is 21.5 Å². The molecule has 0 aliphatic carbocycles. The molecule has 16 heavy (non-hydrogen) atoms. The van der Waals surface area contributed by atoms with E-state index in [4.69, 9.17) is 4.74 Å². The van der Waals surface area contributed by atoms with Gasteiger partial charge in [-0.3, -0.25) is 4.79 Å². The van der Waals surface area contributed by atoms with Crippen LogP contribution in [-0.2, 0) is 4.74 Å². The van der Waals surface area contributed by atoms with Crippen LogP contribution < -0.4 is 0 Å². The van der Waals surface area contributed by atoms with Crippen molar-refractivity contribution in [3.8, 4) is 0 Å². The molecule has 3 heteroatoms. The SMILES string of the molecule is Cc1ccc(C(=O)CSC2COC2)c(C)c1. The smallest absolute Gasteiger partial charge is 0.172 e. The van der Waals surface area contributed by atoms with Crippen molar-refractivity contribution in [2.45, 2.75) is 19.1 Å². The molecule has 2 rings (SSSR count). The lowest BCUT2D eigenvalue weighted by Crippen LogP contribution is -2.31. The van der Waals surface area contributed by atoms with Gasteiger partial charge in [0.1, 0.15) is 0 Å². The normalized spacial score (nSPS) is 15.9. The number of aryl methyl sites for hydroxylation is 2. The first-order valence-corrected chi connectivity index (χ1v) is 6.51. The summed E-state index contributed by atoms with van der Waals surface area (Å²) in [7, 11) is 0. The number of carbonyl (C=O) groups excluding carboxylic acids is 1. The van der Waals surface area contributed by atoms with Crippen LogP contribution in [0, 0.1) is 13.8 Å². The lowest BCUT2D eigenvalue weighted by molar-refractivity contribution is 0.0455. The Balaban J connectivity index is 1.96. The minimum Gasteiger partial charge on any atom is -0.379 e. The van der Waals surface area contributed by atoms with Crippen LogP contribution in [0.25, 0.3) is 0 Å². The molecule has 0 unspecified atom stereocenters. The lowest BCUT2D eigenvalue weighted by Gasteiger charge is -2.24. The summed E-state index contributed by atoms with van der Waals surface area (Å²) in [6.07, 6.45) is 0. The number of carbonyl (C=O) groups is 1. The molecule has 1 aliphatic rings.